The molecule has 1 unspecified atom stereocenters. The van der Waals surface area contributed by atoms with Crippen molar-refractivity contribution < 1.29 is 9.21 Å². The second kappa shape index (κ2) is 7.42. The topological polar surface area (TPSA) is 67.2 Å². The summed E-state index contributed by atoms with van der Waals surface area (Å²) in [5, 5.41) is 6.26. The van der Waals surface area contributed by atoms with Gasteiger partial charge >= 0.3 is 0 Å². The van der Waals surface area contributed by atoms with Gasteiger partial charge in [-0.15, -0.1) is 12.4 Å². The summed E-state index contributed by atoms with van der Waals surface area (Å²) < 4.78 is 5.63. The van der Waals surface area contributed by atoms with E-state index < -0.39 is 0 Å². The highest BCUT2D eigenvalue weighted by molar-refractivity contribution is 5.92. The first kappa shape index (κ1) is 16.5. The molecule has 1 fully saturated rings. The molecule has 2 heterocycles. The van der Waals surface area contributed by atoms with Gasteiger partial charge in [-0.25, -0.2) is 4.98 Å². The average Bonchev–Trinajstić information content (AvgIpc) is 3.15. The lowest BCUT2D eigenvalue weighted by Gasteiger charge is -2.10. The smallest absolute Gasteiger partial charge is 0.289 e. The molecule has 118 valence electrons. The Kier molecular flexibility index (Phi) is 5.57. The van der Waals surface area contributed by atoms with Crippen molar-refractivity contribution in [1.29, 1.82) is 0 Å². The number of nitrogens with one attached hydrogen (secondary N) is 2. The number of oxazole rings is 1. The van der Waals surface area contributed by atoms with Crippen molar-refractivity contribution in [3.63, 3.8) is 0 Å². The molecule has 3 rings (SSSR count). The van der Waals surface area contributed by atoms with Gasteiger partial charge in [-0.1, -0.05) is 18.2 Å². The Morgan fingerprint density at radius 1 is 1.41 bits per heavy atom. The van der Waals surface area contributed by atoms with E-state index >= 15 is 0 Å². The average molecular weight is 322 g/mol. The van der Waals surface area contributed by atoms with Gasteiger partial charge in [0, 0.05) is 18.2 Å². The molecular weight excluding hydrogens is 302 g/mol. The van der Waals surface area contributed by atoms with Crippen LogP contribution in [0, 0.1) is 6.92 Å². The van der Waals surface area contributed by atoms with Crippen molar-refractivity contribution in [2.24, 2.45) is 0 Å². The predicted octanol–water partition coefficient (Wildman–Crippen LogP) is 2.55. The Morgan fingerprint density at radius 2 is 2.18 bits per heavy atom. The van der Waals surface area contributed by atoms with Crippen molar-refractivity contribution in [2.75, 3.05) is 13.1 Å². The maximum absolute atomic E-state index is 12.2. The largest absolute Gasteiger partial charge is 0.431 e. The first-order valence-corrected chi connectivity index (χ1v) is 7.28. The first-order valence-electron chi connectivity index (χ1n) is 7.28. The molecule has 6 heteroatoms. The zero-order valence-corrected chi connectivity index (χ0v) is 13.3. The normalized spacial score (nSPS) is 17.0. The molecule has 1 saturated heterocycles. The van der Waals surface area contributed by atoms with Gasteiger partial charge < -0.3 is 15.1 Å². The summed E-state index contributed by atoms with van der Waals surface area (Å²) in [6.45, 7) is 3.44. The standard InChI is InChI=1S/C16H19N3O2.ClH/c1-11-14(15(20)18-10-13-8-5-9-17-13)21-16(19-11)12-6-3-2-4-7-12;/h2-4,6-7,13,17H,5,8-10H2,1H3,(H,18,20);1H. The number of hydrogen-bond donors (Lipinski definition) is 2. The zero-order valence-electron chi connectivity index (χ0n) is 12.5. The third-order valence-corrected chi connectivity index (χ3v) is 3.69. The number of aryl methyl sites for hydroxylation is 1. The van der Waals surface area contributed by atoms with Crippen LogP contribution in [0.3, 0.4) is 0 Å². The molecule has 1 atom stereocenters. The van der Waals surface area contributed by atoms with Crippen molar-refractivity contribution in [3.05, 3.63) is 41.8 Å². The number of halogens is 1. The molecule has 1 aliphatic rings. The van der Waals surface area contributed by atoms with Crippen LogP contribution in [0.5, 0.6) is 0 Å². The second-order valence-electron chi connectivity index (χ2n) is 5.30. The molecule has 0 aliphatic carbocycles. The van der Waals surface area contributed by atoms with E-state index in [9.17, 15) is 4.79 Å². The lowest BCUT2D eigenvalue weighted by Crippen LogP contribution is -2.37. The Balaban J connectivity index is 0.00000176. The lowest BCUT2D eigenvalue weighted by atomic mass is 10.2. The van der Waals surface area contributed by atoms with Crippen molar-refractivity contribution >= 4 is 18.3 Å². The van der Waals surface area contributed by atoms with Gasteiger partial charge in [-0.3, -0.25) is 4.79 Å². The molecule has 0 spiro atoms. The fourth-order valence-electron chi connectivity index (χ4n) is 2.54. The molecule has 22 heavy (non-hydrogen) atoms. The van der Waals surface area contributed by atoms with E-state index in [1.54, 1.807) is 6.92 Å². The molecule has 2 aromatic rings. The number of benzene rings is 1. The van der Waals surface area contributed by atoms with E-state index in [2.05, 4.69) is 15.6 Å². The lowest BCUT2D eigenvalue weighted by molar-refractivity contribution is 0.0922. The maximum atomic E-state index is 12.2. The summed E-state index contributed by atoms with van der Waals surface area (Å²) in [4.78, 5) is 16.5. The van der Waals surface area contributed by atoms with Crippen LogP contribution in [0.4, 0.5) is 0 Å². The predicted molar refractivity (Wildman–Crippen MR) is 87.3 cm³/mol. The number of amides is 1. The van der Waals surface area contributed by atoms with Gasteiger partial charge in [0.25, 0.3) is 5.91 Å². The van der Waals surface area contributed by atoms with Crippen LogP contribution < -0.4 is 10.6 Å². The summed E-state index contributed by atoms with van der Waals surface area (Å²) in [6.07, 6.45) is 2.27. The molecule has 5 nitrogen and oxygen atoms in total. The minimum Gasteiger partial charge on any atom is -0.431 e. The van der Waals surface area contributed by atoms with E-state index in [1.807, 2.05) is 30.3 Å². The Labute approximate surface area is 135 Å². The minimum atomic E-state index is -0.198. The van der Waals surface area contributed by atoms with Gasteiger partial charge in [0.05, 0.1) is 5.69 Å². The second-order valence-corrected chi connectivity index (χ2v) is 5.30. The first-order chi connectivity index (χ1) is 10.2. The summed E-state index contributed by atoms with van der Waals surface area (Å²) in [5.41, 5.74) is 1.49. The molecule has 1 aromatic carbocycles. The maximum Gasteiger partial charge on any atom is 0.289 e. The van der Waals surface area contributed by atoms with Crippen LogP contribution >= 0.6 is 12.4 Å². The summed E-state index contributed by atoms with van der Waals surface area (Å²) in [6, 6.07) is 9.96. The fraction of sp³-hybridized carbons (Fsp3) is 0.375. The SMILES string of the molecule is Cc1nc(-c2ccccc2)oc1C(=O)NCC1CCCN1.Cl. The van der Waals surface area contributed by atoms with Crippen molar-refractivity contribution in [2.45, 2.75) is 25.8 Å². The van der Waals surface area contributed by atoms with Crippen LogP contribution in [-0.4, -0.2) is 30.0 Å². The molecule has 1 aliphatic heterocycles. The summed E-state index contributed by atoms with van der Waals surface area (Å²) in [5.74, 6) is 0.583. The van der Waals surface area contributed by atoms with Crippen LogP contribution in [0.25, 0.3) is 11.5 Å². The van der Waals surface area contributed by atoms with Crippen LogP contribution in [0.2, 0.25) is 0 Å². The monoisotopic (exact) mass is 321 g/mol. The molecule has 1 amide bonds. The van der Waals surface area contributed by atoms with Crippen LogP contribution in [0.1, 0.15) is 29.1 Å². The highest BCUT2D eigenvalue weighted by atomic mass is 35.5. The Morgan fingerprint density at radius 3 is 2.86 bits per heavy atom. The van der Waals surface area contributed by atoms with Gasteiger partial charge in [-0.05, 0) is 38.4 Å². The molecule has 2 N–H and O–H groups in total. The molecular formula is C16H20ClN3O2. The molecule has 0 bridgehead atoms. The number of rotatable bonds is 4. The highest BCUT2D eigenvalue weighted by Gasteiger charge is 2.20. The number of aromatic nitrogens is 1. The van der Waals surface area contributed by atoms with Gasteiger partial charge in [0.1, 0.15) is 0 Å². The van der Waals surface area contributed by atoms with Crippen molar-refractivity contribution in [1.82, 2.24) is 15.6 Å². The Hall–Kier alpha value is -1.85. The van der Waals surface area contributed by atoms with E-state index in [0.29, 0.717) is 29.9 Å². The van der Waals surface area contributed by atoms with E-state index in [-0.39, 0.29) is 18.3 Å². The summed E-state index contributed by atoms with van der Waals surface area (Å²) in [7, 11) is 0. The van der Waals surface area contributed by atoms with Gasteiger partial charge in [-0.2, -0.15) is 0 Å². The zero-order chi connectivity index (χ0) is 14.7. The minimum absolute atomic E-state index is 0. The quantitative estimate of drug-likeness (QED) is 0.908. The van der Waals surface area contributed by atoms with E-state index in [0.717, 1.165) is 18.5 Å². The number of nitrogens with zero attached hydrogens (tertiary/aromatic N) is 1. The fourth-order valence-corrected chi connectivity index (χ4v) is 2.54. The number of carbonyl (C=O) groups excluding carboxylic acids is 1. The highest BCUT2D eigenvalue weighted by Crippen LogP contribution is 2.21. The van der Waals surface area contributed by atoms with E-state index in [4.69, 9.17) is 4.42 Å². The third kappa shape index (κ3) is 3.67. The molecule has 0 radical (unpaired) electrons. The molecule has 0 saturated carbocycles. The van der Waals surface area contributed by atoms with Gasteiger partial charge in [0.15, 0.2) is 0 Å². The molecule has 1 aromatic heterocycles. The van der Waals surface area contributed by atoms with Crippen LogP contribution in [-0.2, 0) is 0 Å². The number of hydrogen-bond acceptors (Lipinski definition) is 4. The van der Waals surface area contributed by atoms with Crippen LogP contribution in [0.15, 0.2) is 34.7 Å². The van der Waals surface area contributed by atoms with E-state index in [1.165, 1.54) is 6.42 Å². The van der Waals surface area contributed by atoms with Gasteiger partial charge in [0.2, 0.25) is 11.7 Å². The van der Waals surface area contributed by atoms with Crippen molar-refractivity contribution in [3.8, 4) is 11.5 Å². The Bertz CT molecular complexity index is 622. The summed E-state index contributed by atoms with van der Waals surface area (Å²) >= 11 is 0. The number of carbonyl (C=O) groups is 1. The third-order valence-electron chi connectivity index (χ3n) is 3.69.